The van der Waals surface area contributed by atoms with Crippen LogP contribution >= 0.6 is 0 Å². The van der Waals surface area contributed by atoms with E-state index in [1.807, 2.05) is 0 Å². The lowest BCUT2D eigenvalue weighted by atomic mass is 9.93. The van der Waals surface area contributed by atoms with E-state index >= 15 is 0 Å². The summed E-state index contributed by atoms with van der Waals surface area (Å²) >= 11 is 0. The zero-order chi connectivity index (χ0) is 7.40. The number of nitrogens with zero attached hydrogens (tertiary/aromatic N) is 2. The van der Waals surface area contributed by atoms with Crippen LogP contribution in [0.1, 0.15) is 19.3 Å². The van der Waals surface area contributed by atoms with Gasteiger partial charge in [0.25, 0.3) is 5.96 Å². The third kappa shape index (κ3) is 1.52. The van der Waals surface area contributed by atoms with Crippen molar-refractivity contribution >= 4 is 5.96 Å². The predicted octanol–water partition coefficient (Wildman–Crippen LogP) is -0.674. The van der Waals surface area contributed by atoms with Crippen molar-refractivity contribution < 1.29 is 5.53 Å². The van der Waals surface area contributed by atoms with E-state index in [4.69, 9.17) is 5.53 Å². The number of aliphatic imine (C=N–C) groups is 1. The van der Waals surface area contributed by atoms with E-state index in [9.17, 15) is 0 Å². The first-order valence-electron chi connectivity index (χ1n) is 3.51. The molecule has 0 atom stereocenters. The number of nitrogens with two attached hydrogens (primary N) is 1. The van der Waals surface area contributed by atoms with Crippen LogP contribution in [0.4, 0.5) is 0 Å². The van der Waals surface area contributed by atoms with Crippen molar-refractivity contribution in [1.82, 2.24) is 5.32 Å². The normalized spacial score (nSPS) is 19.9. The van der Waals surface area contributed by atoms with Crippen molar-refractivity contribution in [3.8, 4) is 0 Å². The zero-order valence-corrected chi connectivity index (χ0v) is 6.17. The molecule has 1 fully saturated rings. The monoisotopic (exact) mass is 141 g/mol. The maximum Gasteiger partial charge on any atom is 0.282 e. The number of rotatable bonds is 1. The van der Waals surface area contributed by atoms with Gasteiger partial charge in [-0.3, -0.25) is 0 Å². The first-order chi connectivity index (χ1) is 4.86. The minimum absolute atomic E-state index is 0.560. The minimum atomic E-state index is 0.560. The third-order valence-electron chi connectivity index (χ3n) is 1.77. The van der Waals surface area contributed by atoms with Crippen LogP contribution in [0.2, 0.25) is 0 Å². The van der Waals surface area contributed by atoms with E-state index < -0.39 is 0 Å². The second-order valence-electron chi connectivity index (χ2n) is 2.45. The zero-order valence-electron chi connectivity index (χ0n) is 6.17. The fourth-order valence-electron chi connectivity index (χ4n) is 0.895. The Morgan fingerprint density at radius 2 is 2.30 bits per heavy atom. The summed E-state index contributed by atoms with van der Waals surface area (Å²) in [4.78, 5) is 3.84. The Hall–Kier alpha value is -0.930. The second kappa shape index (κ2) is 3.29. The summed E-state index contributed by atoms with van der Waals surface area (Å²) in [6.45, 7) is 0. The van der Waals surface area contributed by atoms with Gasteiger partial charge in [-0.05, 0) is 19.3 Å². The molecule has 1 saturated carbocycles. The predicted molar refractivity (Wildman–Crippen MR) is 38.5 cm³/mol. The van der Waals surface area contributed by atoms with Gasteiger partial charge in [0.05, 0.1) is 0 Å². The molecule has 1 aliphatic carbocycles. The summed E-state index contributed by atoms with van der Waals surface area (Å²) in [5.41, 5.74) is 5.04. The van der Waals surface area contributed by atoms with E-state index in [1.54, 1.807) is 7.05 Å². The molecule has 4 nitrogen and oxygen atoms in total. The smallest absolute Gasteiger partial charge is 0.282 e. The van der Waals surface area contributed by atoms with Crippen LogP contribution in [0, 0.1) is 0 Å². The third-order valence-corrected chi connectivity index (χ3v) is 1.77. The fourth-order valence-corrected chi connectivity index (χ4v) is 0.895. The Labute approximate surface area is 60.2 Å². The molecule has 0 aromatic rings. The number of hydrogen-bond donors (Lipinski definition) is 2. The molecule has 0 spiro atoms. The van der Waals surface area contributed by atoms with Gasteiger partial charge in [0.2, 0.25) is 0 Å². The van der Waals surface area contributed by atoms with Gasteiger partial charge in [-0.15, -0.1) is 5.53 Å². The van der Waals surface area contributed by atoms with Crippen LogP contribution in [0.5, 0.6) is 0 Å². The highest BCUT2D eigenvalue weighted by Crippen LogP contribution is 2.17. The van der Waals surface area contributed by atoms with Gasteiger partial charge in [0, 0.05) is 18.2 Å². The molecule has 0 aliphatic heterocycles. The average Bonchev–Trinajstić information content (AvgIpc) is 1.87. The Bertz CT molecular complexity index is 148. The first kappa shape index (κ1) is 7.18. The molecule has 4 heteroatoms. The van der Waals surface area contributed by atoms with Gasteiger partial charge in [0.15, 0.2) is 0 Å². The molecule has 0 unspecified atom stereocenters. The Morgan fingerprint density at radius 1 is 1.60 bits per heavy atom. The lowest BCUT2D eigenvalue weighted by Crippen LogP contribution is -2.42. The average molecular weight is 141 g/mol. The SMILES string of the molecule is CN=C(N=[NH2+])NC1CCC1. The molecule has 0 amide bonds. The molecular formula is C6H13N4+. The van der Waals surface area contributed by atoms with Crippen LogP contribution in [-0.2, 0) is 0 Å². The van der Waals surface area contributed by atoms with E-state index in [-0.39, 0.29) is 0 Å². The molecule has 1 rings (SSSR count). The lowest BCUT2D eigenvalue weighted by molar-refractivity contribution is -0.207. The standard InChI is InChI=1S/C6H12N4/c1-8-6(10-7)9-5-3-2-4-5/h5,7H,2-4H2,1H3,(H,8,9)/p+1. The molecule has 0 aromatic carbocycles. The van der Waals surface area contributed by atoms with E-state index in [2.05, 4.69) is 15.4 Å². The van der Waals surface area contributed by atoms with Crippen LogP contribution in [0.15, 0.2) is 10.1 Å². The van der Waals surface area contributed by atoms with Gasteiger partial charge in [0.1, 0.15) is 0 Å². The molecule has 0 radical (unpaired) electrons. The molecule has 1 aliphatic rings. The van der Waals surface area contributed by atoms with Crippen LogP contribution in [0.3, 0.4) is 0 Å². The molecule has 0 aromatic heterocycles. The van der Waals surface area contributed by atoms with E-state index in [1.165, 1.54) is 19.3 Å². The van der Waals surface area contributed by atoms with Crippen molar-refractivity contribution in [1.29, 1.82) is 0 Å². The maximum absolute atomic E-state index is 5.04. The van der Waals surface area contributed by atoms with E-state index in [0.717, 1.165) is 0 Å². The Morgan fingerprint density at radius 3 is 2.60 bits per heavy atom. The van der Waals surface area contributed by atoms with Crippen LogP contribution < -0.4 is 10.8 Å². The highest BCUT2D eigenvalue weighted by molar-refractivity contribution is 5.79. The van der Waals surface area contributed by atoms with Gasteiger partial charge < -0.3 is 5.32 Å². The number of nitrogens with one attached hydrogen (secondary N) is 1. The van der Waals surface area contributed by atoms with Gasteiger partial charge in [-0.1, -0.05) is 0 Å². The van der Waals surface area contributed by atoms with Crippen LogP contribution in [-0.4, -0.2) is 19.0 Å². The van der Waals surface area contributed by atoms with Crippen LogP contribution in [0.25, 0.3) is 0 Å². The molecular weight excluding hydrogens is 128 g/mol. The number of hydrogen-bond acceptors (Lipinski definition) is 1. The molecule has 0 heterocycles. The summed E-state index contributed by atoms with van der Waals surface area (Å²) in [5.74, 6) is 0.560. The van der Waals surface area contributed by atoms with Gasteiger partial charge in [-0.25, -0.2) is 4.99 Å². The van der Waals surface area contributed by atoms with Crippen molar-refractivity contribution in [2.45, 2.75) is 25.3 Å². The molecule has 3 N–H and O–H groups in total. The molecule has 0 saturated heterocycles. The van der Waals surface area contributed by atoms with Crippen molar-refractivity contribution in [2.75, 3.05) is 7.05 Å². The summed E-state index contributed by atoms with van der Waals surface area (Å²) in [7, 11) is 1.68. The summed E-state index contributed by atoms with van der Waals surface area (Å²) in [5, 5.41) is 6.58. The van der Waals surface area contributed by atoms with Gasteiger partial charge >= 0.3 is 0 Å². The summed E-state index contributed by atoms with van der Waals surface area (Å²) < 4.78 is 0. The summed E-state index contributed by atoms with van der Waals surface area (Å²) in [6.07, 6.45) is 3.74. The maximum atomic E-state index is 5.04. The number of guanidine groups is 1. The van der Waals surface area contributed by atoms with Gasteiger partial charge in [-0.2, -0.15) is 0 Å². The van der Waals surface area contributed by atoms with E-state index in [0.29, 0.717) is 12.0 Å². The second-order valence-corrected chi connectivity index (χ2v) is 2.45. The largest absolute Gasteiger partial charge is 0.347 e. The highest BCUT2D eigenvalue weighted by Gasteiger charge is 2.18. The van der Waals surface area contributed by atoms with Crippen molar-refractivity contribution in [2.24, 2.45) is 10.1 Å². The topological polar surface area (TPSA) is 62.3 Å². The first-order valence-corrected chi connectivity index (χ1v) is 3.51. The summed E-state index contributed by atoms with van der Waals surface area (Å²) in [6, 6.07) is 0.561. The Balaban J connectivity index is 2.27. The molecule has 0 bridgehead atoms. The molecule has 10 heavy (non-hydrogen) atoms. The van der Waals surface area contributed by atoms with Crippen molar-refractivity contribution in [3.63, 3.8) is 0 Å². The lowest BCUT2D eigenvalue weighted by Gasteiger charge is -2.25. The minimum Gasteiger partial charge on any atom is -0.347 e. The highest BCUT2D eigenvalue weighted by atomic mass is 15.2. The Kier molecular flexibility index (Phi) is 2.36. The van der Waals surface area contributed by atoms with Crippen molar-refractivity contribution in [3.05, 3.63) is 0 Å². The quantitative estimate of drug-likeness (QED) is 0.284. The molecule has 56 valence electrons. The fraction of sp³-hybridized carbons (Fsp3) is 0.833.